The van der Waals surface area contributed by atoms with Crippen LogP contribution in [-0.4, -0.2) is 31.2 Å². The summed E-state index contributed by atoms with van der Waals surface area (Å²) in [7, 11) is 0. The van der Waals surface area contributed by atoms with E-state index in [1.807, 2.05) is 0 Å². The van der Waals surface area contributed by atoms with Crippen molar-refractivity contribution in [2.75, 3.05) is 31.1 Å². The Bertz CT molecular complexity index is 542. The third-order valence-electron chi connectivity index (χ3n) is 3.51. The van der Waals surface area contributed by atoms with Crippen LogP contribution >= 0.6 is 11.3 Å². The molecule has 0 spiro atoms. The van der Waals surface area contributed by atoms with E-state index in [0.717, 1.165) is 31.9 Å². The standard InChI is InChI=1S/C16H19N3S/c1-14(16-8-5-13-20-16)17-19-11-9-18(10-12-19)15-6-3-2-4-7-15/h2-8,13,17H,1,9-12H2. The largest absolute Gasteiger partial charge is 0.369 e. The molecule has 0 atom stereocenters. The highest BCUT2D eigenvalue weighted by Crippen LogP contribution is 2.18. The van der Waals surface area contributed by atoms with Crippen LogP contribution in [0.5, 0.6) is 0 Å². The molecule has 4 heteroatoms. The van der Waals surface area contributed by atoms with Gasteiger partial charge in [0, 0.05) is 31.9 Å². The molecule has 3 nitrogen and oxygen atoms in total. The third-order valence-corrected chi connectivity index (χ3v) is 4.44. The molecule has 20 heavy (non-hydrogen) atoms. The molecule has 1 aromatic carbocycles. The van der Waals surface area contributed by atoms with Crippen LogP contribution in [0.4, 0.5) is 5.69 Å². The second kappa shape index (κ2) is 6.11. The molecule has 0 amide bonds. The molecule has 0 unspecified atom stereocenters. The van der Waals surface area contributed by atoms with Gasteiger partial charge in [0.2, 0.25) is 0 Å². The van der Waals surface area contributed by atoms with Crippen LogP contribution in [0.2, 0.25) is 0 Å². The Labute approximate surface area is 124 Å². The average Bonchev–Trinajstić information content (AvgIpc) is 3.03. The van der Waals surface area contributed by atoms with Gasteiger partial charge in [-0.2, -0.15) is 0 Å². The Morgan fingerprint density at radius 3 is 2.40 bits per heavy atom. The molecular weight excluding hydrogens is 266 g/mol. The van der Waals surface area contributed by atoms with E-state index in [1.165, 1.54) is 10.6 Å². The summed E-state index contributed by atoms with van der Waals surface area (Å²) < 4.78 is 0. The van der Waals surface area contributed by atoms with Gasteiger partial charge < -0.3 is 10.3 Å². The molecule has 1 fully saturated rings. The van der Waals surface area contributed by atoms with Crippen LogP contribution in [0, 0.1) is 0 Å². The zero-order valence-electron chi connectivity index (χ0n) is 11.5. The lowest BCUT2D eigenvalue weighted by Crippen LogP contribution is -2.51. The Kier molecular flexibility index (Phi) is 4.04. The molecule has 1 aliphatic heterocycles. The van der Waals surface area contributed by atoms with Crippen molar-refractivity contribution >= 4 is 22.7 Å². The number of nitrogens with one attached hydrogen (secondary N) is 1. The smallest absolute Gasteiger partial charge is 0.0590 e. The first kappa shape index (κ1) is 13.2. The summed E-state index contributed by atoms with van der Waals surface area (Å²) in [6.07, 6.45) is 0. The topological polar surface area (TPSA) is 18.5 Å². The highest BCUT2D eigenvalue weighted by molar-refractivity contribution is 7.11. The Morgan fingerprint density at radius 1 is 1.00 bits per heavy atom. The molecule has 3 rings (SSSR count). The highest BCUT2D eigenvalue weighted by Gasteiger charge is 2.17. The van der Waals surface area contributed by atoms with Crippen molar-refractivity contribution in [3.63, 3.8) is 0 Å². The summed E-state index contributed by atoms with van der Waals surface area (Å²) in [4.78, 5) is 3.63. The van der Waals surface area contributed by atoms with Gasteiger partial charge in [-0.15, -0.1) is 11.3 Å². The van der Waals surface area contributed by atoms with Crippen LogP contribution in [0.25, 0.3) is 5.70 Å². The summed E-state index contributed by atoms with van der Waals surface area (Å²) >= 11 is 1.72. The van der Waals surface area contributed by atoms with E-state index in [1.54, 1.807) is 11.3 Å². The van der Waals surface area contributed by atoms with Crippen molar-refractivity contribution in [2.24, 2.45) is 0 Å². The van der Waals surface area contributed by atoms with Crippen LogP contribution in [0.1, 0.15) is 4.88 Å². The van der Waals surface area contributed by atoms with Gasteiger partial charge in [0.05, 0.1) is 10.6 Å². The molecule has 1 aliphatic rings. The zero-order chi connectivity index (χ0) is 13.8. The zero-order valence-corrected chi connectivity index (χ0v) is 12.3. The van der Waals surface area contributed by atoms with Crippen molar-refractivity contribution in [3.8, 4) is 0 Å². The maximum Gasteiger partial charge on any atom is 0.0590 e. The van der Waals surface area contributed by atoms with Gasteiger partial charge in [0.15, 0.2) is 0 Å². The van der Waals surface area contributed by atoms with Gasteiger partial charge in [-0.1, -0.05) is 30.8 Å². The predicted molar refractivity (Wildman–Crippen MR) is 86.7 cm³/mol. The van der Waals surface area contributed by atoms with Gasteiger partial charge in [-0.3, -0.25) is 0 Å². The summed E-state index contributed by atoms with van der Waals surface area (Å²) in [6.45, 7) is 8.18. The lowest BCUT2D eigenvalue weighted by Gasteiger charge is -2.36. The van der Waals surface area contributed by atoms with Crippen LogP contribution in [0.15, 0.2) is 54.4 Å². The van der Waals surface area contributed by atoms with E-state index in [0.29, 0.717) is 0 Å². The fraction of sp³-hybridized carbons (Fsp3) is 0.250. The molecular formula is C16H19N3S. The molecule has 0 saturated carbocycles. The Balaban J connectivity index is 1.53. The first-order valence-electron chi connectivity index (χ1n) is 6.87. The van der Waals surface area contributed by atoms with Crippen molar-refractivity contribution in [2.45, 2.75) is 0 Å². The molecule has 2 heterocycles. The fourth-order valence-corrected chi connectivity index (χ4v) is 3.06. The molecule has 0 aliphatic carbocycles. The maximum absolute atomic E-state index is 4.11. The van der Waals surface area contributed by atoms with Crippen LogP contribution in [-0.2, 0) is 0 Å². The molecule has 104 valence electrons. The minimum Gasteiger partial charge on any atom is -0.369 e. The molecule has 1 N–H and O–H groups in total. The van der Waals surface area contributed by atoms with E-state index in [9.17, 15) is 0 Å². The molecule has 1 aromatic heterocycles. The van der Waals surface area contributed by atoms with Crippen molar-refractivity contribution in [1.29, 1.82) is 0 Å². The first-order valence-corrected chi connectivity index (χ1v) is 7.75. The van der Waals surface area contributed by atoms with Gasteiger partial charge in [0.25, 0.3) is 0 Å². The minimum absolute atomic E-state index is 0.994. The van der Waals surface area contributed by atoms with Gasteiger partial charge >= 0.3 is 0 Å². The minimum atomic E-state index is 0.994. The van der Waals surface area contributed by atoms with E-state index in [2.05, 4.69) is 69.8 Å². The molecule has 0 radical (unpaired) electrons. The molecule has 1 saturated heterocycles. The fourth-order valence-electron chi connectivity index (χ4n) is 2.41. The van der Waals surface area contributed by atoms with Crippen molar-refractivity contribution in [1.82, 2.24) is 10.4 Å². The number of thiophene rings is 1. The van der Waals surface area contributed by atoms with Crippen LogP contribution in [0.3, 0.4) is 0 Å². The predicted octanol–water partition coefficient (Wildman–Crippen LogP) is 3.05. The van der Waals surface area contributed by atoms with E-state index in [-0.39, 0.29) is 0 Å². The lowest BCUT2D eigenvalue weighted by molar-refractivity contribution is 0.215. The first-order chi connectivity index (χ1) is 9.83. The highest BCUT2D eigenvalue weighted by atomic mass is 32.1. The third kappa shape index (κ3) is 3.03. The van der Waals surface area contributed by atoms with Crippen molar-refractivity contribution < 1.29 is 0 Å². The second-order valence-electron chi connectivity index (χ2n) is 4.88. The normalized spacial score (nSPS) is 16.1. The summed E-state index contributed by atoms with van der Waals surface area (Å²) in [5.41, 5.74) is 5.72. The number of rotatable bonds is 4. The number of hydrogen-bond donors (Lipinski definition) is 1. The lowest BCUT2D eigenvalue weighted by atomic mass is 10.2. The summed E-state index contributed by atoms with van der Waals surface area (Å²) in [6, 6.07) is 14.8. The van der Waals surface area contributed by atoms with Crippen molar-refractivity contribution in [3.05, 3.63) is 59.3 Å². The Morgan fingerprint density at radius 2 is 1.75 bits per heavy atom. The number of benzene rings is 1. The SMILES string of the molecule is C=C(NN1CCN(c2ccccc2)CC1)c1cccs1. The number of anilines is 1. The maximum atomic E-state index is 4.11. The molecule has 2 aromatic rings. The number of hydrazine groups is 1. The van der Waals surface area contributed by atoms with E-state index >= 15 is 0 Å². The molecule has 0 bridgehead atoms. The average molecular weight is 285 g/mol. The second-order valence-corrected chi connectivity index (χ2v) is 5.82. The van der Waals surface area contributed by atoms with E-state index in [4.69, 9.17) is 0 Å². The van der Waals surface area contributed by atoms with Crippen LogP contribution < -0.4 is 10.3 Å². The number of hydrogen-bond acceptors (Lipinski definition) is 4. The number of piperazine rings is 1. The number of para-hydroxylation sites is 1. The quantitative estimate of drug-likeness (QED) is 0.931. The summed E-state index contributed by atoms with van der Waals surface area (Å²) in [5.74, 6) is 0. The van der Waals surface area contributed by atoms with Gasteiger partial charge in [-0.25, -0.2) is 5.01 Å². The summed E-state index contributed by atoms with van der Waals surface area (Å²) in [5, 5.41) is 4.33. The number of nitrogens with zero attached hydrogens (tertiary/aromatic N) is 2. The van der Waals surface area contributed by atoms with Gasteiger partial charge in [0.1, 0.15) is 0 Å². The Hall–Kier alpha value is -1.78. The monoisotopic (exact) mass is 285 g/mol. The van der Waals surface area contributed by atoms with Gasteiger partial charge in [-0.05, 0) is 23.6 Å². The van der Waals surface area contributed by atoms with E-state index < -0.39 is 0 Å².